The standard InChI is InChI=1S/C19H24N4O3/c1-13-3-4-17(14(2)9-13)26-11-19(24)23-15-6-8-25-10-16(15)22-18-5-7-20-12-21-18/h3-5,7,9,12,15-16H,6,8,10-11H2,1-2H3,(H,23,24)(H,20,21,22)/t15-,16+/m0/s1. The van der Waals surface area contributed by atoms with Crippen molar-refractivity contribution in [1.29, 1.82) is 0 Å². The van der Waals surface area contributed by atoms with Crippen molar-refractivity contribution in [3.05, 3.63) is 47.9 Å². The Balaban J connectivity index is 1.54. The zero-order valence-corrected chi connectivity index (χ0v) is 15.1. The first-order valence-corrected chi connectivity index (χ1v) is 8.71. The Morgan fingerprint density at radius 3 is 2.96 bits per heavy atom. The van der Waals surface area contributed by atoms with Crippen LogP contribution in [0.2, 0.25) is 0 Å². The van der Waals surface area contributed by atoms with Crippen LogP contribution in [0.4, 0.5) is 5.82 Å². The van der Waals surface area contributed by atoms with Crippen LogP contribution in [0.25, 0.3) is 0 Å². The van der Waals surface area contributed by atoms with E-state index >= 15 is 0 Å². The van der Waals surface area contributed by atoms with E-state index in [1.54, 1.807) is 12.3 Å². The maximum absolute atomic E-state index is 12.3. The lowest BCUT2D eigenvalue weighted by Crippen LogP contribution is -2.53. The number of ether oxygens (including phenoxy) is 2. The highest BCUT2D eigenvalue weighted by atomic mass is 16.5. The summed E-state index contributed by atoms with van der Waals surface area (Å²) < 4.78 is 11.2. The van der Waals surface area contributed by atoms with Gasteiger partial charge in [0.1, 0.15) is 17.9 Å². The number of rotatable bonds is 6. The molecule has 2 atom stereocenters. The van der Waals surface area contributed by atoms with Crippen molar-refractivity contribution in [3.63, 3.8) is 0 Å². The maximum Gasteiger partial charge on any atom is 0.258 e. The highest BCUT2D eigenvalue weighted by Gasteiger charge is 2.27. The van der Waals surface area contributed by atoms with Gasteiger partial charge in [0.15, 0.2) is 6.61 Å². The quantitative estimate of drug-likeness (QED) is 0.822. The molecule has 0 bridgehead atoms. The molecule has 0 unspecified atom stereocenters. The largest absolute Gasteiger partial charge is 0.484 e. The summed E-state index contributed by atoms with van der Waals surface area (Å²) in [5.74, 6) is 1.29. The Bertz CT molecular complexity index is 739. The number of nitrogens with one attached hydrogen (secondary N) is 2. The maximum atomic E-state index is 12.3. The number of anilines is 1. The van der Waals surface area contributed by atoms with E-state index in [-0.39, 0.29) is 24.6 Å². The van der Waals surface area contributed by atoms with Crippen LogP contribution in [0.15, 0.2) is 36.8 Å². The van der Waals surface area contributed by atoms with Gasteiger partial charge in [-0.05, 0) is 38.0 Å². The van der Waals surface area contributed by atoms with Crippen LogP contribution in [-0.4, -0.2) is 47.8 Å². The van der Waals surface area contributed by atoms with Crippen LogP contribution in [0, 0.1) is 13.8 Å². The van der Waals surface area contributed by atoms with Gasteiger partial charge in [-0.2, -0.15) is 0 Å². The second-order valence-electron chi connectivity index (χ2n) is 6.44. The Kier molecular flexibility index (Phi) is 6.01. The fourth-order valence-corrected chi connectivity index (χ4v) is 2.97. The molecule has 7 nitrogen and oxygen atoms in total. The molecule has 2 N–H and O–H groups in total. The van der Waals surface area contributed by atoms with Crippen LogP contribution in [0.1, 0.15) is 17.5 Å². The highest BCUT2D eigenvalue weighted by molar-refractivity contribution is 5.78. The molecule has 1 saturated heterocycles. The van der Waals surface area contributed by atoms with Gasteiger partial charge in [0, 0.05) is 12.8 Å². The van der Waals surface area contributed by atoms with Gasteiger partial charge in [-0.15, -0.1) is 0 Å². The van der Waals surface area contributed by atoms with Gasteiger partial charge in [-0.3, -0.25) is 4.79 Å². The van der Waals surface area contributed by atoms with Crippen molar-refractivity contribution in [1.82, 2.24) is 15.3 Å². The predicted molar refractivity (Wildman–Crippen MR) is 98.2 cm³/mol. The summed E-state index contributed by atoms with van der Waals surface area (Å²) in [6.45, 7) is 5.11. The molecule has 7 heteroatoms. The molecule has 0 aliphatic carbocycles. The fourth-order valence-electron chi connectivity index (χ4n) is 2.97. The second kappa shape index (κ2) is 8.62. The number of aromatic nitrogens is 2. The van der Waals surface area contributed by atoms with Crippen molar-refractivity contribution in [2.24, 2.45) is 0 Å². The number of hydrogen-bond acceptors (Lipinski definition) is 6. The summed E-state index contributed by atoms with van der Waals surface area (Å²) >= 11 is 0. The molecule has 0 radical (unpaired) electrons. The van der Waals surface area contributed by atoms with E-state index in [4.69, 9.17) is 9.47 Å². The van der Waals surface area contributed by atoms with Crippen LogP contribution in [0.3, 0.4) is 0 Å². The molecule has 2 aromatic rings. The summed E-state index contributed by atoms with van der Waals surface area (Å²) in [6, 6.07) is 7.59. The Morgan fingerprint density at radius 2 is 2.19 bits per heavy atom. The fraction of sp³-hybridized carbons (Fsp3) is 0.421. The monoisotopic (exact) mass is 356 g/mol. The van der Waals surface area contributed by atoms with Crippen molar-refractivity contribution < 1.29 is 14.3 Å². The van der Waals surface area contributed by atoms with Gasteiger partial charge >= 0.3 is 0 Å². The smallest absolute Gasteiger partial charge is 0.258 e. The van der Waals surface area contributed by atoms with Crippen LogP contribution in [-0.2, 0) is 9.53 Å². The Morgan fingerprint density at radius 1 is 1.31 bits per heavy atom. The topological polar surface area (TPSA) is 85.4 Å². The molecule has 2 heterocycles. The summed E-state index contributed by atoms with van der Waals surface area (Å²) in [5, 5.41) is 6.33. The highest BCUT2D eigenvalue weighted by Crippen LogP contribution is 2.18. The molecule has 1 aliphatic rings. The van der Waals surface area contributed by atoms with Gasteiger partial charge in [0.2, 0.25) is 0 Å². The van der Waals surface area contributed by atoms with Gasteiger partial charge < -0.3 is 20.1 Å². The van der Waals surface area contributed by atoms with Crippen LogP contribution in [0.5, 0.6) is 5.75 Å². The summed E-state index contributed by atoms with van der Waals surface area (Å²) in [7, 11) is 0. The minimum Gasteiger partial charge on any atom is -0.484 e. The van der Waals surface area contributed by atoms with Gasteiger partial charge in [0.05, 0.1) is 18.7 Å². The molecular weight excluding hydrogens is 332 g/mol. The van der Waals surface area contributed by atoms with E-state index < -0.39 is 0 Å². The summed E-state index contributed by atoms with van der Waals surface area (Å²) in [6.07, 6.45) is 3.89. The third-order valence-corrected chi connectivity index (χ3v) is 4.31. The molecule has 1 fully saturated rings. The van der Waals surface area contributed by atoms with Crippen molar-refractivity contribution in [2.45, 2.75) is 32.4 Å². The van der Waals surface area contributed by atoms with E-state index in [9.17, 15) is 4.79 Å². The molecule has 1 amide bonds. The van der Waals surface area contributed by atoms with E-state index in [1.807, 2.05) is 32.0 Å². The van der Waals surface area contributed by atoms with Gasteiger partial charge in [0.25, 0.3) is 5.91 Å². The first-order valence-electron chi connectivity index (χ1n) is 8.71. The number of nitrogens with zero attached hydrogens (tertiary/aromatic N) is 2. The van der Waals surface area contributed by atoms with E-state index in [0.29, 0.717) is 19.0 Å². The molecule has 0 spiro atoms. The lowest BCUT2D eigenvalue weighted by molar-refractivity contribution is -0.124. The number of carbonyl (C=O) groups is 1. The molecule has 138 valence electrons. The lowest BCUT2D eigenvalue weighted by Gasteiger charge is -2.33. The summed E-state index contributed by atoms with van der Waals surface area (Å²) in [4.78, 5) is 20.4. The van der Waals surface area contributed by atoms with Crippen molar-refractivity contribution in [2.75, 3.05) is 25.1 Å². The SMILES string of the molecule is Cc1ccc(OCC(=O)N[C@H]2CCOC[C@H]2Nc2ccncn2)c(C)c1. The lowest BCUT2D eigenvalue weighted by atomic mass is 10.0. The van der Waals surface area contributed by atoms with E-state index in [2.05, 4.69) is 20.6 Å². The summed E-state index contributed by atoms with van der Waals surface area (Å²) in [5.41, 5.74) is 2.19. The van der Waals surface area contributed by atoms with Gasteiger partial charge in [-0.1, -0.05) is 17.7 Å². The third kappa shape index (κ3) is 4.92. The van der Waals surface area contributed by atoms with E-state index in [1.165, 1.54) is 11.9 Å². The first kappa shape index (κ1) is 18.1. The molecule has 1 aromatic carbocycles. The normalized spacial score (nSPS) is 19.6. The number of benzene rings is 1. The zero-order chi connectivity index (χ0) is 18.4. The van der Waals surface area contributed by atoms with Crippen molar-refractivity contribution in [3.8, 4) is 5.75 Å². The molecule has 1 aliphatic heterocycles. The Labute approximate surface area is 153 Å². The average Bonchev–Trinajstić information content (AvgIpc) is 2.63. The molecule has 3 rings (SSSR count). The zero-order valence-electron chi connectivity index (χ0n) is 15.1. The minimum atomic E-state index is -0.147. The van der Waals surface area contributed by atoms with Crippen molar-refractivity contribution >= 4 is 11.7 Å². The first-order chi connectivity index (χ1) is 12.6. The third-order valence-electron chi connectivity index (χ3n) is 4.31. The molecule has 1 aromatic heterocycles. The number of hydrogen-bond donors (Lipinski definition) is 2. The van der Waals surface area contributed by atoms with Gasteiger partial charge in [-0.25, -0.2) is 9.97 Å². The van der Waals surface area contributed by atoms with Crippen LogP contribution >= 0.6 is 0 Å². The molecule has 26 heavy (non-hydrogen) atoms. The minimum absolute atomic E-state index is 0.0124. The predicted octanol–water partition coefficient (Wildman–Crippen LogP) is 1.86. The van der Waals surface area contributed by atoms with E-state index in [0.717, 1.165) is 17.7 Å². The Hall–Kier alpha value is -2.67. The molecular formula is C19H24N4O3. The average molecular weight is 356 g/mol. The number of carbonyl (C=O) groups excluding carboxylic acids is 1. The molecule has 0 saturated carbocycles. The number of amides is 1. The second-order valence-corrected chi connectivity index (χ2v) is 6.44. The number of aryl methyl sites for hydroxylation is 2. The van der Waals surface area contributed by atoms with Crippen LogP contribution < -0.4 is 15.4 Å².